The molecule has 0 atom stereocenters. The van der Waals surface area contributed by atoms with Gasteiger partial charge in [-0.2, -0.15) is 5.10 Å². The van der Waals surface area contributed by atoms with Crippen molar-refractivity contribution in [1.29, 1.82) is 0 Å². The minimum absolute atomic E-state index is 0.144. The van der Waals surface area contributed by atoms with Crippen LogP contribution in [-0.2, 0) is 0 Å². The number of hydrogen-bond acceptors (Lipinski definition) is 4. The lowest BCUT2D eigenvalue weighted by Crippen LogP contribution is -2.42. The van der Waals surface area contributed by atoms with E-state index in [1.54, 1.807) is 26.8 Å². The third-order valence-corrected chi connectivity index (χ3v) is 3.63. The number of ether oxygens (including phenoxy) is 1. The van der Waals surface area contributed by atoms with E-state index < -0.39 is 23.3 Å². The first-order valence-electron chi connectivity index (χ1n) is 7.87. The standard InChI is InChI=1S/C18H18F2N4O2/c1-18(2,3)22-17(25)26-13-7-4-9(8-12(13)19)10-5-6-11-15(14(10)20)23-24-16(11)21/h4-8H,1-3H3,(H,22,25)(H3,21,23,24). The van der Waals surface area contributed by atoms with Crippen molar-refractivity contribution < 1.29 is 18.3 Å². The third-order valence-electron chi connectivity index (χ3n) is 3.63. The molecule has 3 aromatic rings. The number of nitrogens with one attached hydrogen (secondary N) is 2. The van der Waals surface area contributed by atoms with Gasteiger partial charge in [-0.25, -0.2) is 13.6 Å². The summed E-state index contributed by atoms with van der Waals surface area (Å²) in [6, 6.07) is 6.94. The number of aromatic amines is 1. The molecule has 0 fully saturated rings. The molecule has 1 heterocycles. The summed E-state index contributed by atoms with van der Waals surface area (Å²) in [7, 11) is 0. The molecule has 4 N–H and O–H groups in total. The molecule has 0 unspecified atom stereocenters. The largest absolute Gasteiger partial charge is 0.413 e. The van der Waals surface area contributed by atoms with Gasteiger partial charge in [0.05, 0.1) is 0 Å². The highest BCUT2D eigenvalue weighted by molar-refractivity contribution is 5.92. The predicted octanol–water partition coefficient (Wildman–Crippen LogP) is 3.98. The highest BCUT2D eigenvalue weighted by Crippen LogP contribution is 2.32. The highest BCUT2D eigenvalue weighted by atomic mass is 19.1. The number of carbonyl (C=O) groups is 1. The van der Waals surface area contributed by atoms with Gasteiger partial charge in [-0.1, -0.05) is 12.1 Å². The van der Waals surface area contributed by atoms with Crippen LogP contribution in [-0.4, -0.2) is 21.8 Å². The van der Waals surface area contributed by atoms with Gasteiger partial charge in [-0.15, -0.1) is 0 Å². The molecule has 6 nitrogen and oxygen atoms in total. The summed E-state index contributed by atoms with van der Waals surface area (Å²) >= 11 is 0. The van der Waals surface area contributed by atoms with Gasteiger partial charge in [-0.05, 0) is 44.5 Å². The number of benzene rings is 2. The number of nitrogens with zero attached hydrogens (tertiary/aromatic N) is 1. The van der Waals surface area contributed by atoms with Crippen LogP contribution in [0.15, 0.2) is 30.3 Å². The van der Waals surface area contributed by atoms with Gasteiger partial charge in [0, 0.05) is 16.5 Å². The highest BCUT2D eigenvalue weighted by Gasteiger charge is 2.18. The van der Waals surface area contributed by atoms with E-state index >= 15 is 0 Å². The van der Waals surface area contributed by atoms with Crippen molar-refractivity contribution in [3.05, 3.63) is 42.0 Å². The molecule has 0 aliphatic carbocycles. The van der Waals surface area contributed by atoms with Crippen LogP contribution in [0, 0.1) is 11.6 Å². The summed E-state index contributed by atoms with van der Waals surface area (Å²) in [6.45, 7) is 5.32. The quantitative estimate of drug-likeness (QED) is 0.644. The molecule has 1 aromatic heterocycles. The van der Waals surface area contributed by atoms with Crippen molar-refractivity contribution in [2.45, 2.75) is 26.3 Å². The Bertz CT molecular complexity index is 993. The van der Waals surface area contributed by atoms with Gasteiger partial charge in [0.25, 0.3) is 0 Å². The van der Waals surface area contributed by atoms with Crippen molar-refractivity contribution in [2.24, 2.45) is 0 Å². The molecule has 0 aliphatic rings. The van der Waals surface area contributed by atoms with Gasteiger partial charge < -0.3 is 15.8 Å². The zero-order chi connectivity index (χ0) is 19.1. The third kappa shape index (κ3) is 3.44. The fourth-order valence-electron chi connectivity index (χ4n) is 2.48. The first-order chi connectivity index (χ1) is 12.2. The number of hydrogen-bond donors (Lipinski definition) is 3. The van der Waals surface area contributed by atoms with Crippen molar-refractivity contribution in [3.8, 4) is 16.9 Å². The van der Waals surface area contributed by atoms with Crippen LogP contribution in [0.25, 0.3) is 22.0 Å². The fourth-order valence-corrected chi connectivity index (χ4v) is 2.48. The number of anilines is 1. The zero-order valence-corrected chi connectivity index (χ0v) is 14.5. The Morgan fingerprint density at radius 3 is 2.62 bits per heavy atom. The molecule has 136 valence electrons. The summed E-state index contributed by atoms with van der Waals surface area (Å²) in [5.41, 5.74) is 5.73. The van der Waals surface area contributed by atoms with Gasteiger partial charge in [0.1, 0.15) is 5.52 Å². The van der Waals surface area contributed by atoms with Crippen LogP contribution in [0.5, 0.6) is 5.75 Å². The maximum absolute atomic E-state index is 14.7. The molecule has 26 heavy (non-hydrogen) atoms. The van der Waals surface area contributed by atoms with Gasteiger partial charge in [-0.3, -0.25) is 5.10 Å². The number of H-pyrrole nitrogens is 1. The van der Waals surface area contributed by atoms with E-state index in [0.29, 0.717) is 10.9 Å². The Hall–Kier alpha value is -3.16. The molecule has 0 aliphatic heterocycles. The molecule has 0 bridgehead atoms. The Morgan fingerprint density at radius 1 is 1.23 bits per heavy atom. The number of rotatable bonds is 2. The average Bonchev–Trinajstić information content (AvgIpc) is 2.90. The average molecular weight is 360 g/mol. The first kappa shape index (κ1) is 17.7. The molecular formula is C18H18F2N4O2. The van der Waals surface area contributed by atoms with Crippen LogP contribution >= 0.6 is 0 Å². The Balaban J connectivity index is 1.90. The molecular weight excluding hydrogens is 342 g/mol. The van der Waals surface area contributed by atoms with Crippen LogP contribution < -0.4 is 15.8 Å². The second kappa shape index (κ2) is 6.29. The molecule has 8 heteroatoms. The lowest BCUT2D eigenvalue weighted by molar-refractivity contribution is 0.188. The van der Waals surface area contributed by atoms with E-state index in [-0.39, 0.29) is 22.6 Å². The molecule has 3 rings (SSSR count). The summed E-state index contributed by atoms with van der Waals surface area (Å²) in [4.78, 5) is 11.8. The predicted molar refractivity (Wildman–Crippen MR) is 94.8 cm³/mol. The number of nitrogens with two attached hydrogens (primary N) is 1. The second-order valence-electron chi connectivity index (χ2n) is 6.87. The monoisotopic (exact) mass is 360 g/mol. The molecule has 0 radical (unpaired) electrons. The first-order valence-corrected chi connectivity index (χ1v) is 7.87. The summed E-state index contributed by atoms with van der Waals surface area (Å²) in [5.74, 6) is -1.44. The number of nitrogen functional groups attached to an aromatic ring is 1. The SMILES string of the molecule is CC(C)(C)NC(=O)Oc1ccc(-c2ccc3c(N)n[nH]c3c2F)cc1F. The fraction of sp³-hybridized carbons (Fsp3) is 0.222. The maximum Gasteiger partial charge on any atom is 0.413 e. The zero-order valence-electron chi connectivity index (χ0n) is 14.5. The maximum atomic E-state index is 14.7. The summed E-state index contributed by atoms with van der Waals surface area (Å²) < 4.78 is 33.9. The molecule has 0 spiro atoms. The number of halogens is 2. The Morgan fingerprint density at radius 2 is 1.96 bits per heavy atom. The minimum Gasteiger partial charge on any atom is -0.407 e. The van der Waals surface area contributed by atoms with E-state index in [1.807, 2.05) is 0 Å². The second-order valence-corrected chi connectivity index (χ2v) is 6.87. The smallest absolute Gasteiger partial charge is 0.407 e. The van der Waals surface area contributed by atoms with Crippen LogP contribution in [0.4, 0.5) is 19.4 Å². The topological polar surface area (TPSA) is 93.0 Å². The van der Waals surface area contributed by atoms with E-state index in [1.165, 1.54) is 18.2 Å². The number of aromatic nitrogens is 2. The van der Waals surface area contributed by atoms with Crippen molar-refractivity contribution >= 4 is 22.8 Å². The van der Waals surface area contributed by atoms with Crippen LogP contribution in [0.2, 0.25) is 0 Å². The Labute approximate surface area is 148 Å². The normalized spacial score (nSPS) is 11.6. The van der Waals surface area contributed by atoms with Crippen LogP contribution in [0.3, 0.4) is 0 Å². The lowest BCUT2D eigenvalue weighted by atomic mass is 10.0. The molecule has 0 saturated heterocycles. The number of carbonyl (C=O) groups excluding carboxylic acids is 1. The van der Waals surface area contributed by atoms with Gasteiger partial charge in [0.2, 0.25) is 0 Å². The molecule has 2 aromatic carbocycles. The summed E-state index contributed by atoms with van der Waals surface area (Å²) in [6.07, 6.45) is -0.773. The van der Waals surface area contributed by atoms with E-state index in [0.717, 1.165) is 6.07 Å². The van der Waals surface area contributed by atoms with Crippen molar-refractivity contribution in [1.82, 2.24) is 15.5 Å². The Kier molecular flexibility index (Phi) is 4.27. The summed E-state index contributed by atoms with van der Waals surface area (Å²) in [5, 5.41) is 9.29. The minimum atomic E-state index is -0.782. The number of amides is 1. The van der Waals surface area contributed by atoms with E-state index in [2.05, 4.69) is 15.5 Å². The van der Waals surface area contributed by atoms with Crippen molar-refractivity contribution in [3.63, 3.8) is 0 Å². The van der Waals surface area contributed by atoms with Crippen molar-refractivity contribution in [2.75, 3.05) is 5.73 Å². The molecule has 0 saturated carbocycles. The van der Waals surface area contributed by atoms with Crippen LogP contribution in [0.1, 0.15) is 20.8 Å². The lowest BCUT2D eigenvalue weighted by Gasteiger charge is -2.20. The van der Waals surface area contributed by atoms with E-state index in [9.17, 15) is 13.6 Å². The van der Waals surface area contributed by atoms with E-state index in [4.69, 9.17) is 10.5 Å². The van der Waals surface area contributed by atoms with Gasteiger partial charge >= 0.3 is 6.09 Å². The molecule has 1 amide bonds. The van der Waals surface area contributed by atoms with Gasteiger partial charge in [0.15, 0.2) is 23.2 Å². The number of fused-ring (bicyclic) bond motifs is 1.